The summed E-state index contributed by atoms with van der Waals surface area (Å²) >= 11 is 0. The zero-order valence-electron chi connectivity index (χ0n) is 25.2. The van der Waals surface area contributed by atoms with Crippen LogP contribution in [0.4, 0.5) is 0 Å². The van der Waals surface area contributed by atoms with Crippen LogP contribution in [0.2, 0.25) is 0 Å². The minimum Gasteiger partial charge on any atom is -0.393 e. The zero-order valence-corrected chi connectivity index (χ0v) is 25.2. The Labute approximate surface area is 230 Å². The Bertz CT molecular complexity index is 699. The quantitative estimate of drug-likeness (QED) is 0.214. The van der Waals surface area contributed by atoms with E-state index in [2.05, 4.69) is 45.3 Å². The monoisotopic (exact) mass is 517 g/mol. The molecule has 4 aliphatic rings. The van der Waals surface area contributed by atoms with Crippen LogP contribution in [0.5, 0.6) is 0 Å². The second-order valence-electron chi connectivity index (χ2n) is 15.0. The summed E-state index contributed by atoms with van der Waals surface area (Å²) in [5.41, 5.74) is 6.48. The Balaban J connectivity index is 1.33. The molecule has 0 aromatic carbocycles. The van der Waals surface area contributed by atoms with Crippen LogP contribution in [-0.2, 0) is 0 Å². The molecule has 0 amide bonds. The third-order valence-electron chi connectivity index (χ3n) is 12.4. The zero-order chi connectivity index (χ0) is 26.6. The van der Waals surface area contributed by atoms with Gasteiger partial charge in [-0.3, -0.25) is 0 Å². The average molecular weight is 518 g/mol. The van der Waals surface area contributed by atoms with Gasteiger partial charge in [-0.15, -0.1) is 0 Å². The van der Waals surface area contributed by atoms with Crippen molar-refractivity contribution in [3.63, 3.8) is 0 Å². The summed E-state index contributed by atoms with van der Waals surface area (Å²) in [4.78, 5) is 0. The molecule has 5 N–H and O–H groups in total. The maximum atomic E-state index is 11.7. The lowest BCUT2D eigenvalue weighted by molar-refractivity contribution is -0.167. The van der Waals surface area contributed by atoms with E-state index in [9.17, 15) is 5.11 Å². The standard InChI is InChI=1S/C33H63N3O/c1-23(2)9-6-10-24(3)27-11-12-28-31-29(14-16-33(27,28)5)32(4)15-13-26(21-25(32)22-30(31)37)36-20-8-19-35-18-7-17-34/h23-31,35-37H,6-22,34H2,1-5H3/t24-,25-,26+,27-,28?,29?,30-,31?,32+,33-/m1/s1. The van der Waals surface area contributed by atoms with Gasteiger partial charge in [0.25, 0.3) is 0 Å². The molecule has 0 aromatic rings. The summed E-state index contributed by atoms with van der Waals surface area (Å²) < 4.78 is 0. The number of aliphatic hydroxyl groups is 1. The molecule has 0 saturated heterocycles. The summed E-state index contributed by atoms with van der Waals surface area (Å²) in [7, 11) is 0. The third-order valence-corrected chi connectivity index (χ3v) is 12.4. The van der Waals surface area contributed by atoms with Gasteiger partial charge in [0, 0.05) is 6.04 Å². The van der Waals surface area contributed by atoms with Crippen molar-refractivity contribution in [1.29, 1.82) is 0 Å². The van der Waals surface area contributed by atoms with Crippen LogP contribution < -0.4 is 16.4 Å². The summed E-state index contributed by atoms with van der Waals surface area (Å²) in [5, 5.41) is 19.1. The smallest absolute Gasteiger partial charge is 0.0577 e. The Morgan fingerprint density at radius 3 is 2.32 bits per heavy atom. The molecule has 0 heterocycles. The molecule has 0 aliphatic heterocycles. The van der Waals surface area contributed by atoms with Gasteiger partial charge in [0.15, 0.2) is 0 Å². The lowest BCUT2D eigenvalue weighted by Gasteiger charge is -2.62. The van der Waals surface area contributed by atoms with Gasteiger partial charge in [-0.1, -0.05) is 53.9 Å². The first-order valence-corrected chi connectivity index (χ1v) is 16.5. The molecule has 10 atom stereocenters. The lowest BCUT2D eigenvalue weighted by atomic mass is 9.43. The van der Waals surface area contributed by atoms with Crippen LogP contribution in [0.1, 0.15) is 118 Å². The molecule has 0 radical (unpaired) electrons. The van der Waals surface area contributed by atoms with E-state index in [0.717, 1.165) is 68.6 Å². The molecule has 4 fully saturated rings. The van der Waals surface area contributed by atoms with Gasteiger partial charge in [-0.2, -0.15) is 0 Å². The minimum absolute atomic E-state index is 0.0757. The van der Waals surface area contributed by atoms with Gasteiger partial charge in [-0.25, -0.2) is 0 Å². The van der Waals surface area contributed by atoms with Crippen molar-refractivity contribution in [3.8, 4) is 0 Å². The highest BCUT2D eigenvalue weighted by Gasteiger charge is 2.62. The second-order valence-corrected chi connectivity index (χ2v) is 15.0. The molecule has 4 rings (SSSR count). The summed E-state index contributed by atoms with van der Waals surface area (Å²) in [6.45, 7) is 16.6. The molecule has 4 aliphatic carbocycles. The van der Waals surface area contributed by atoms with Gasteiger partial charge in [0.05, 0.1) is 6.10 Å². The van der Waals surface area contributed by atoms with Crippen LogP contribution >= 0.6 is 0 Å². The fourth-order valence-corrected chi connectivity index (χ4v) is 10.3. The molecule has 0 aromatic heterocycles. The SMILES string of the molecule is CC(C)CCC[C@@H](C)[C@H]1CCC2C3C(CC[C@@]21C)[C@@]1(C)CC[C@H](NCCCNCCCN)C[C@@H]1C[C@H]3O. The van der Waals surface area contributed by atoms with E-state index < -0.39 is 0 Å². The van der Waals surface area contributed by atoms with E-state index in [4.69, 9.17) is 5.73 Å². The highest BCUT2D eigenvalue weighted by Crippen LogP contribution is 2.68. The predicted octanol–water partition coefficient (Wildman–Crippen LogP) is 6.37. The van der Waals surface area contributed by atoms with Crippen molar-refractivity contribution in [2.45, 2.75) is 130 Å². The topological polar surface area (TPSA) is 70.3 Å². The Kier molecular flexibility index (Phi) is 10.5. The van der Waals surface area contributed by atoms with Crippen molar-refractivity contribution in [3.05, 3.63) is 0 Å². The molecule has 216 valence electrons. The van der Waals surface area contributed by atoms with Gasteiger partial charge < -0.3 is 21.5 Å². The number of rotatable bonds is 13. The van der Waals surface area contributed by atoms with Crippen LogP contribution in [-0.4, -0.2) is 43.4 Å². The van der Waals surface area contributed by atoms with Crippen molar-refractivity contribution < 1.29 is 5.11 Å². The first-order valence-electron chi connectivity index (χ1n) is 16.5. The highest BCUT2D eigenvalue weighted by atomic mass is 16.3. The number of nitrogens with two attached hydrogens (primary N) is 1. The Hall–Kier alpha value is -0.160. The first kappa shape index (κ1) is 29.8. The van der Waals surface area contributed by atoms with E-state index in [1.807, 2.05) is 0 Å². The van der Waals surface area contributed by atoms with Gasteiger partial charge >= 0.3 is 0 Å². The van der Waals surface area contributed by atoms with E-state index in [1.54, 1.807) is 0 Å². The second kappa shape index (κ2) is 13.0. The van der Waals surface area contributed by atoms with Gasteiger partial charge in [0.2, 0.25) is 0 Å². The fraction of sp³-hybridized carbons (Fsp3) is 1.00. The predicted molar refractivity (Wildman–Crippen MR) is 157 cm³/mol. The maximum absolute atomic E-state index is 11.7. The van der Waals surface area contributed by atoms with E-state index in [1.165, 1.54) is 70.6 Å². The normalized spacial score (nSPS) is 42.3. The number of fused-ring (bicyclic) bond motifs is 5. The molecule has 37 heavy (non-hydrogen) atoms. The van der Waals surface area contributed by atoms with E-state index in [0.29, 0.717) is 28.7 Å². The molecule has 3 unspecified atom stereocenters. The summed E-state index contributed by atoms with van der Waals surface area (Å²) in [6, 6.07) is 0.641. The number of hydrogen-bond acceptors (Lipinski definition) is 4. The average Bonchev–Trinajstić information content (AvgIpc) is 3.21. The van der Waals surface area contributed by atoms with Crippen molar-refractivity contribution in [1.82, 2.24) is 10.6 Å². The minimum atomic E-state index is -0.0757. The van der Waals surface area contributed by atoms with Crippen LogP contribution in [0, 0.1) is 52.3 Å². The molecule has 4 nitrogen and oxygen atoms in total. The van der Waals surface area contributed by atoms with Crippen LogP contribution in [0.3, 0.4) is 0 Å². The van der Waals surface area contributed by atoms with Crippen LogP contribution in [0.25, 0.3) is 0 Å². The van der Waals surface area contributed by atoms with E-state index >= 15 is 0 Å². The summed E-state index contributed by atoms with van der Waals surface area (Å²) in [6.07, 6.45) is 16.9. The number of nitrogens with one attached hydrogen (secondary N) is 2. The molecular formula is C33H63N3O. The Morgan fingerprint density at radius 1 is 0.838 bits per heavy atom. The van der Waals surface area contributed by atoms with Crippen molar-refractivity contribution in [2.24, 2.45) is 58.0 Å². The largest absolute Gasteiger partial charge is 0.393 e. The Morgan fingerprint density at radius 2 is 1.57 bits per heavy atom. The fourth-order valence-electron chi connectivity index (χ4n) is 10.3. The highest BCUT2D eigenvalue weighted by molar-refractivity contribution is 5.12. The molecule has 0 spiro atoms. The number of aliphatic hydroxyl groups excluding tert-OH is 1. The van der Waals surface area contributed by atoms with Gasteiger partial charge in [-0.05, 0) is 143 Å². The molecular weight excluding hydrogens is 454 g/mol. The molecule has 4 saturated carbocycles. The number of hydrogen-bond donors (Lipinski definition) is 4. The third kappa shape index (κ3) is 6.44. The van der Waals surface area contributed by atoms with Crippen LogP contribution in [0.15, 0.2) is 0 Å². The molecule has 4 heteroatoms. The van der Waals surface area contributed by atoms with Crippen molar-refractivity contribution >= 4 is 0 Å². The lowest BCUT2D eigenvalue weighted by Crippen LogP contribution is -2.59. The maximum Gasteiger partial charge on any atom is 0.0577 e. The van der Waals surface area contributed by atoms with E-state index in [-0.39, 0.29) is 6.10 Å². The first-order chi connectivity index (χ1) is 17.7. The van der Waals surface area contributed by atoms with Crippen molar-refractivity contribution in [2.75, 3.05) is 26.2 Å². The van der Waals surface area contributed by atoms with Gasteiger partial charge in [0.1, 0.15) is 0 Å². The summed E-state index contributed by atoms with van der Waals surface area (Å²) in [5.74, 6) is 5.27. The molecule has 0 bridgehead atoms.